The lowest BCUT2D eigenvalue weighted by atomic mass is 10.1. The number of quaternary nitrogens is 1. The molecule has 1 aliphatic heterocycles. The van der Waals surface area contributed by atoms with Gasteiger partial charge in [0.1, 0.15) is 0 Å². The zero-order valence-electron chi connectivity index (χ0n) is 15.9. The van der Waals surface area contributed by atoms with Crippen molar-refractivity contribution in [3.63, 3.8) is 0 Å². The Morgan fingerprint density at radius 3 is 2.48 bits per heavy atom. The molecule has 1 amide bonds. The molecular formula is C20H28N3O3S+. The van der Waals surface area contributed by atoms with Crippen molar-refractivity contribution < 1.29 is 18.1 Å². The molecule has 0 spiro atoms. The number of fused-ring (bicyclic) bond motifs is 1. The number of benzene rings is 2. The van der Waals surface area contributed by atoms with Gasteiger partial charge in [0.2, 0.25) is 10.0 Å². The van der Waals surface area contributed by atoms with E-state index in [2.05, 4.69) is 5.32 Å². The molecule has 1 atom stereocenters. The average Bonchev–Trinajstić information content (AvgIpc) is 2.67. The first-order valence-electron chi connectivity index (χ1n) is 9.52. The molecule has 0 bridgehead atoms. The first-order valence-corrected chi connectivity index (χ1v) is 11.0. The van der Waals surface area contributed by atoms with Crippen LogP contribution in [0.25, 0.3) is 10.8 Å². The molecule has 2 aromatic carbocycles. The van der Waals surface area contributed by atoms with Crippen molar-refractivity contribution in [2.45, 2.75) is 31.2 Å². The molecule has 2 N–H and O–H groups in total. The Hall–Kier alpha value is -1.96. The minimum absolute atomic E-state index is 0.0326. The van der Waals surface area contributed by atoms with Gasteiger partial charge >= 0.3 is 0 Å². The minimum Gasteiger partial charge on any atom is -0.349 e. The van der Waals surface area contributed by atoms with Gasteiger partial charge in [0.25, 0.3) is 5.91 Å². The number of sulfonamides is 1. The quantitative estimate of drug-likeness (QED) is 0.761. The Balaban J connectivity index is 1.63. The van der Waals surface area contributed by atoms with Crippen molar-refractivity contribution in [3.8, 4) is 0 Å². The Morgan fingerprint density at radius 2 is 1.81 bits per heavy atom. The monoisotopic (exact) mass is 390 g/mol. The summed E-state index contributed by atoms with van der Waals surface area (Å²) in [6, 6.07) is 13.2. The first kappa shape index (κ1) is 19.8. The van der Waals surface area contributed by atoms with Crippen molar-refractivity contribution in [2.75, 3.05) is 32.7 Å². The maximum absolute atomic E-state index is 13.0. The molecule has 0 saturated carbocycles. The topological polar surface area (TPSA) is 70.9 Å². The Kier molecular flexibility index (Phi) is 6.14. The highest BCUT2D eigenvalue weighted by molar-refractivity contribution is 7.89. The molecule has 1 heterocycles. The second-order valence-corrected chi connectivity index (χ2v) is 9.15. The van der Waals surface area contributed by atoms with Gasteiger partial charge in [-0.3, -0.25) is 4.79 Å². The maximum atomic E-state index is 13.0. The average molecular weight is 391 g/mol. The standard InChI is InChI=1S/C20H27N3O3S/c1-3-16(2)21-20(24)15-22-10-12-23(13-11-22)27(25,26)19-9-8-17-6-4-5-7-18(17)14-19/h4-9,14,16H,3,10-13,15H2,1-2H3,(H,21,24)/p+1/t16-/m1/s1. The number of carbonyl (C=O) groups excluding carboxylic acids is 1. The molecular weight excluding hydrogens is 362 g/mol. The van der Waals surface area contributed by atoms with E-state index in [0.717, 1.165) is 22.1 Å². The predicted molar refractivity (Wildman–Crippen MR) is 106 cm³/mol. The smallest absolute Gasteiger partial charge is 0.275 e. The van der Waals surface area contributed by atoms with Crippen molar-refractivity contribution in [1.29, 1.82) is 0 Å². The summed E-state index contributed by atoms with van der Waals surface area (Å²) in [5.41, 5.74) is 0. The van der Waals surface area contributed by atoms with Crippen LogP contribution in [-0.2, 0) is 14.8 Å². The summed E-state index contributed by atoms with van der Waals surface area (Å²) in [5, 5.41) is 4.92. The van der Waals surface area contributed by atoms with Crippen LogP contribution in [0.1, 0.15) is 20.3 Å². The van der Waals surface area contributed by atoms with E-state index in [0.29, 0.717) is 37.6 Å². The third-order valence-corrected chi connectivity index (χ3v) is 7.11. The van der Waals surface area contributed by atoms with E-state index in [-0.39, 0.29) is 11.9 Å². The van der Waals surface area contributed by atoms with Gasteiger partial charge in [0.15, 0.2) is 6.54 Å². The van der Waals surface area contributed by atoms with E-state index in [1.165, 1.54) is 4.31 Å². The summed E-state index contributed by atoms with van der Waals surface area (Å²) in [6.07, 6.45) is 0.902. The van der Waals surface area contributed by atoms with Crippen molar-refractivity contribution in [2.24, 2.45) is 0 Å². The third-order valence-electron chi connectivity index (χ3n) is 5.22. The Morgan fingerprint density at radius 1 is 1.15 bits per heavy atom. The lowest BCUT2D eigenvalue weighted by Crippen LogP contribution is -3.15. The van der Waals surface area contributed by atoms with Crippen molar-refractivity contribution in [1.82, 2.24) is 9.62 Å². The number of hydrogen-bond donors (Lipinski definition) is 2. The number of rotatable bonds is 6. The van der Waals surface area contributed by atoms with E-state index >= 15 is 0 Å². The molecule has 146 valence electrons. The lowest BCUT2D eigenvalue weighted by molar-refractivity contribution is -0.895. The van der Waals surface area contributed by atoms with Gasteiger partial charge in [-0.05, 0) is 36.2 Å². The number of hydrogen-bond acceptors (Lipinski definition) is 3. The van der Waals surface area contributed by atoms with Gasteiger partial charge in [0, 0.05) is 6.04 Å². The molecule has 2 aromatic rings. The van der Waals surface area contributed by atoms with E-state index < -0.39 is 10.0 Å². The van der Waals surface area contributed by atoms with Gasteiger partial charge in [-0.15, -0.1) is 0 Å². The molecule has 7 heteroatoms. The summed E-state index contributed by atoms with van der Waals surface area (Å²) in [5.74, 6) is 0.0326. The number of carbonyl (C=O) groups is 1. The summed E-state index contributed by atoms with van der Waals surface area (Å²) >= 11 is 0. The Bertz CT molecular complexity index is 906. The number of nitrogens with one attached hydrogen (secondary N) is 2. The number of piperazine rings is 1. The summed E-state index contributed by atoms with van der Waals surface area (Å²) in [4.78, 5) is 13.5. The van der Waals surface area contributed by atoms with Gasteiger partial charge in [0.05, 0.1) is 31.1 Å². The summed E-state index contributed by atoms with van der Waals surface area (Å²) in [7, 11) is -3.51. The van der Waals surface area contributed by atoms with E-state index in [9.17, 15) is 13.2 Å². The molecule has 1 saturated heterocycles. The zero-order chi connectivity index (χ0) is 19.4. The minimum atomic E-state index is -3.51. The van der Waals surface area contributed by atoms with Gasteiger partial charge in [-0.1, -0.05) is 37.3 Å². The second-order valence-electron chi connectivity index (χ2n) is 7.22. The fraction of sp³-hybridized carbons (Fsp3) is 0.450. The summed E-state index contributed by atoms with van der Waals surface area (Å²) < 4.78 is 27.5. The largest absolute Gasteiger partial charge is 0.349 e. The highest BCUT2D eigenvalue weighted by Gasteiger charge is 2.31. The third kappa shape index (κ3) is 4.66. The van der Waals surface area contributed by atoms with Crippen LogP contribution >= 0.6 is 0 Å². The van der Waals surface area contributed by atoms with Crippen LogP contribution < -0.4 is 10.2 Å². The van der Waals surface area contributed by atoms with Gasteiger partial charge < -0.3 is 10.2 Å². The van der Waals surface area contributed by atoms with Crippen LogP contribution in [-0.4, -0.2) is 57.4 Å². The van der Waals surface area contributed by atoms with Crippen LogP contribution in [0.15, 0.2) is 47.4 Å². The van der Waals surface area contributed by atoms with E-state index in [1.807, 2.05) is 44.2 Å². The predicted octanol–water partition coefficient (Wildman–Crippen LogP) is 0.644. The Labute approximate surface area is 161 Å². The molecule has 27 heavy (non-hydrogen) atoms. The first-order chi connectivity index (χ1) is 12.9. The van der Waals surface area contributed by atoms with Crippen LogP contribution in [0.4, 0.5) is 0 Å². The zero-order valence-corrected chi connectivity index (χ0v) is 16.8. The molecule has 0 radical (unpaired) electrons. The van der Waals surface area contributed by atoms with Crippen LogP contribution in [0.2, 0.25) is 0 Å². The molecule has 0 aromatic heterocycles. The molecule has 0 unspecified atom stereocenters. The highest BCUT2D eigenvalue weighted by atomic mass is 32.2. The fourth-order valence-electron chi connectivity index (χ4n) is 3.35. The van der Waals surface area contributed by atoms with E-state index in [4.69, 9.17) is 0 Å². The SMILES string of the molecule is CC[C@@H](C)NC(=O)C[NH+]1CCN(S(=O)(=O)c2ccc3ccccc3c2)CC1. The molecule has 1 fully saturated rings. The van der Waals surface area contributed by atoms with E-state index in [1.54, 1.807) is 12.1 Å². The molecule has 0 aliphatic carbocycles. The lowest BCUT2D eigenvalue weighted by Gasteiger charge is -2.31. The normalized spacial score (nSPS) is 17.7. The van der Waals surface area contributed by atoms with Crippen LogP contribution in [0.5, 0.6) is 0 Å². The van der Waals surface area contributed by atoms with Crippen molar-refractivity contribution in [3.05, 3.63) is 42.5 Å². The van der Waals surface area contributed by atoms with Gasteiger partial charge in [-0.25, -0.2) is 8.42 Å². The molecule has 1 aliphatic rings. The van der Waals surface area contributed by atoms with Crippen LogP contribution in [0, 0.1) is 0 Å². The summed E-state index contributed by atoms with van der Waals surface area (Å²) in [6.45, 7) is 6.56. The van der Waals surface area contributed by atoms with Gasteiger partial charge in [-0.2, -0.15) is 4.31 Å². The second kappa shape index (κ2) is 8.37. The number of nitrogens with zero attached hydrogens (tertiary/aromatic N) is 1. The van der Waals surface area contributed by atoms with Crippen molar-refractivity contribution >= 4 is 26.7 Å². The highest BCUT2D eigenvalue weighted by Crippen LogP contribution is 2.21. The molecule has 6 nitrogen and oxygen atoms in total. The number of amides is 1. The molecule has 3 rings (SSSR count). The van der Waals surface area contributed by atoms with Crippen LogP contribution in [0.3, 0.4) is 0 Å². The fourth-order valence-corrected chi connectivity index (χ4v) is 4.83. The maximum Gasteiger partial charge on any atom is 0.275 e.